The Balaban J connectivity index is 1.82. The number of hydrogen-bond acceptors (Lipinski definition) is 4. The van der Waals surface area contributed by atoms with Gasteiger partial charge in [0.05, 0.1) is 24.6 Å². The Kier molecular flexibility index (Phi) is 4.48. The Morgan fingerprint density at radius 1 is 1.17 bits per heavy atom. The van der Waals surface area contributed by atoms with E-state index in [9.17, 15) is 4.79 Å². The molecule has 3 rings (SSSR count). The molecule has 0 unspecified atom stereocenters. The van der Waals surface area contributed by atoms with Crippen molar-refractivity contribution in [2.45, 2.75) is 6.92 Å². The van der Waals surface area contributed by atoms with Crippen molar-refractivity contribution >= 4 is 23.0 Å². The third-order valence-electron chi connectivity index (χ3n) is 4.05. The first kappa shape index (κ1) is 15.4. The van der Waals surface area contributed by atoms with Crippen molar-refractivity contribution in [2.75, 3.05) is 42.3 Å². The minimum Gasteiger partial charge on any atom is -0.398 e. The lowest BCUT2D eigenvalue weighted by molar-refractivity contribution is 0.102. The maximum absolute atomic E-state index is 12.5. The molecule has 0 atom stereocenters. The van der Waals surface area contributed by atoms with Gasteiger partial charge in [0.1, 0.15) is 0 Å². The van der Waals surface area contributed by atoms with Crippen LogP contribution in [-0.4, -0.2) is 32.2 Å². The maximum Gasteiger partial charge on any atom is 0.255 e. The highest BCUT2D eigenvalue weighted by Crippen LogP contribution is 2.27. The van der Waals surface area contributed by atoms with Crippen LogP contribution in [0.4, 0.5) is 17.1 Å². The van der Waals surface area contributed by atoms with E-state index in [0.717, 1.165) is 30.0 Å². The number of benzene rings is 2. The average Bonchev–Trinajstić information content (AvgIpc) is 2.58. The molecule has 2 aromatic rings. The van der Waals surface area contributed by atoms with E-state index in [4.69, 9.17) is 10.5 Å². The number of nitrogens with zero attached hydrogens (tertiary/aromatic N) is 1. The zero-order valence-corrected chi connectivity index (χ0v) is 13.2. The van der Waals surface area contributed by atoms with Gasteiger partial charge in [-0.1, -0.05) is 18.2 Å². The van der Waals surface area contributed by atoms with Crippen LogP contribution in [0.15, 0.2) is 42.5 Å². The van der Waals surface area contributed by atoms with Crippen molar-refractivity contribution in [3.8, 4) is 0 Å². The second-order valence-corrected chi connectivity index (χ2v) is 5.64. The third-order valence-corrected chi connectivity index (χ3v) is 4.05. The number of rotatable bonds is 3. The van der Waals surface area contributed by atoms with Gasteiger partial charge < -0.3 is 20.7 Å². The molecule has 1 heterocycles. The molecular formula is C18H21N3O2. The first-order valence-corrected chi connectivity index (χ1v) is 7.74. The van der Waals surface area contributed by atoms with Gasteiger partial charge in [-0.3, -0.25) is 4.79 Å². The molecule has 1 aliphatic heterocycles. The lowest BCUT2D eigenvalue weighted by Crippen LogP contribution is -2.36. The van der Waals surface area contributed by atoms with E-state index in [2.05, 4.69) is 10.2 Å². The number of aryl methyl sites for hydroxylation is 1. The van der Waals surface area contributed by atoms with Gasteiger partial charge in [-0.2, -0.15) is 0 Å². The molecule has 0 aromatic heterocycles. The minimum atomic E-state index is -0.155. The molecule has 1 fully saturated rings. The summed E-state index contributed by atoms with van der Waals surface area (Å²) >= 11 is 0. The van der Waals surface area contributed by atoms with E-state index < -0.39 is 0 Å². The lowest BCUT2D eigenvalue weighted by atomic mass is 10.1. The fourth-order valence-corrected chi connectivity index (χ4v) is 2.64. The molecule has 5 heteroatoms. The van der Waals surface area contributed by atoms with Gasteiger partial charge in [-0.25, -0.2) is 0 Å². The highest BCUT2D eigenvalue weighted by molar-refractivity contribution is 6.06. The summed E-state index contributed by atoms with van der Waals surface area (Å²) in [7, 11) is 0. The Labute approximate surface area is 136 Å². The number of morpholine rings is 1. The van der Waals surface area contributed by atoms with Crippen LogP contribution in [0.5, 0.6) is 0 Å². The predicted molar refractivity (Wildman–Crippen MR) is 93.0 cm³/mol. The molecule has 5 nitrogen and oxygen atoms in total. The fourth-order valence-electron chi connectivity index (χ4n) is 2.64. The van der Waals surface area contributed by atoms with Crippen LogP contribution in [0.2, 0.25) is 0 Å². The van der Waals surface area contributed by atoms with E-state index in [1.54, 1.807) is 12.1 Å². The Hall–Kier alpha value is -2.53. The van der Waals surface area contributed by atoms with Gasteiger partial charge in [-0.05, 0) is 36.8 Å². The molecule has 120 valence electrons. The summed E-state index contributed by atoms with van der Waals surface area (Å²) in [5.74, 6) is -0.155. The zero-order valence-electron chi connectivity index (χ0n) is 13.2. The normalized spacial score (nSPS) is 14.6. The van der Waals surface area contributed by atoms with Gasteiger partial charge in [0.15, 0.2) is 0 Å². The molecule has 1 amide bonds. The molecule has 1 aliphatic rings. The third kappa shape index (κ3) is 3.46. The van der Waals surface area contributed by atoms with Crippen LogP contribution >= 0.6 is 0 Å². The predicted octanol–water partition coefficient (Wildman–Crippen LogP) is 2.67. The van der Waals surface area contributed by atoms with Crippen LogP contribution in [0, 0.1) is 6.92 Å². The molecular weight excluding hydrogens is 290 g/mol. The number of hydrogen-bond donors (Lipinski definition) is 2. The number of anilines is 3. The maximum atomic E-state index is 12.5. The van der Waals surface area contributed by atoms with Crippen molar-refractivity contribution < 1.29 is 9.53 Å². The number of para-hydroxylation sites is 2. The second kappa shape index (κ2) is 6.71. The van der Waals surface area contributed by atoms with E-state index in [1.807, 2.05) is 37.3 Å². The van der Waals surface area contributed by atoms with Crippen molar-refractivity contribution in [2.24, 2.45) is 0 Å². The van der Waals surface area contributed by atoms with E-state index in [1.165, 1.54) is 0 Å². The molecule has 0 spiro atoms. The summed E-state index contributed by atoms with van der Waals surface area (Å²) in [6.45, 7) is 4.98. The van der Waals surface area contributed by atoms with Gasteiger partial charge >= 0.3 is 0 Å². The first-order valence-electron chi connectivity index (χ1n) is 7.74. The van der Waals surface area contributed by atoms with Gasteiger partial charge in [0, 0.05) is 24.3 Å². The molecule has 0 bridgehead atoms. The number of nitrogen functional groups attached to an aromatic ring is 1. The highest BCUT2D eigenvalue weighted by Gasteiger charge is 2.16. The van der Waals surface area contributed by atoms with Crippen molar-refractivity contribution in [1.82, 2.24) is 0 Å². The smallest absolute Gasteiger partial charge is 0.255 e. The van der Waals surface area contributed by atoms with Gasteiger partial charge in [0.2, 0.25) is 0 Å². The summed E-state index contributed by atoms with van der Waals surface area (Å²) in [6, 6.07) is 13.2. The quantitative estimate of drug-likeness (QED) is 0.855. The topological polar surface area (TPSA) is 67.6 Å². The van der Waals surface area contributed by atoms with Gasteiger partial charge in [0.25, 0.3) is 5.91 Å². The van der Waals surface area contributed by atoms with Crippen LogP contribution in [0.25, 0.3) is 0 Å². The number of carbonyl (C=O) groups excluding carboxylic acids is 1. The summed E-state index contributed by atoms with van der Waals surface area (Å²) in [6.07, 6.45) is 0. The minimum absolute atomic E-state index is 0.155. The lowest BCUT2D eigenvalue weighted by Gasteiger charge is -2.30. The molecule has 23 heavy (non-hydrogen) atoms. The number of nitrogens with two attached hydrogens (primary N) is 1. The van der Waals surface area contributed by atoms with E-state index in [-0.39, 0.29) is 5.91 Å². The summed E-state index contributed by atoms with van der Waals surface area (Å²) < 4.78 is 5.39. The largest absolute Gasteiger partial charge is 0.398 e. The Morgan fingerprint density at radius 2 is 1.91 bits per heavy atom. The van der Waals surface area contributed by atoms with E-state index in [0.29, 0.717) is 24.5 Å². The average molecular weight is 311 g/mol. The Morgan fingerprint density at radius 3 is 2.65 bits per heavy atom. The molecule has 2 aromatic carbocycles. The number of amides is 1. The van der Waals surface area contributed by atoms with Crippen LogP contribution < -0.4 is 16.0 Å². The molecule has 3 N–H and O–H groups in total. The number of carbonyl (C=O) groups is 1. The van der Waals surface area contributed by atoms with Crippen molar-refractivity contribution in [3.05, 3.63) is 53.6 Å². The van der Waals surface area contributed by atoms with Crippen LogP contribution in [0.1, 0.15) is 15.9 Å². The van der Waals surface area contributed by atoms with Crippen LogP contribution in [-0.2, 0) is 4.74 Å². The fraction of sp³-hybridized carbons (Fsp3) is 0.278. The molecule has 0 aliphatic carbocycles. The molecule has 1 saturated heterocycles. The van der Waals surface area contributed by atoms with Gasteiger partial charge in [-0.15, -0.1) is 0 Å². The SMILES string of the molecule is Cc1ccc(C(=O)Nc2ccccc2N2CCOCC2)cc1N. The second-order valence-electron chi connectivity index (χ2n) is 5.64. The van der Waals surface area contributed by atoms with Crippen molar-refractivity contribution in [1.29, 1.82) is 0 Å². The molecule has 0 saturated carbocycles. The highest BCUT2D eigenvalue weighted by atomic mass is 16.5. The summed E-state index contributed by atoms with van der Waals surface area (Å²) in [5, 5.41) is 2.99. The van der Waals surface area contributed by atoms with Crippen LogP contribution in [0.3, 0.4) is 0 Å². The zero-order chi connectivity index (χ0) is 16.2. The molecule has 0 radical (unpaired) electrons. The number of nitrogens with one attached hydrogen (secondary N) is 1. The Bertz CT molecular complexity index is 709. The summed E-state index contributed by atoms with van der Waals surface area (Å²) in [4.78, 5) is 14.7. The van der Waals surface area contributed by atoms with E-state index >= 15 is 0 Å². The standard InChI is InChI=1S/C18H21N3O2/c1-13-6-7-14(12-15(13)19)18(22)20-16-4-2-3-5-17(16)21-8-10-23-11-9-21/h2-7,12H,8-11,19H2,1H3,(H,20,22). The number of ether oxygens (including phenoxy) is 1. The summed E-state index contributed by atoms with van der Waals surface area (Å²) in [5.41, 5.74) is 9.87. The first-order chi connectivity index (χ1) is 11.1. The monoisotopic (exact) mass is 311 g/mol. The van der Waals surface area contributed by atoms with Crippen molar-refractivity contribution in [3.63, 3.8) is 0 Å².